The molecule has 2 heterocycles. The van der Waals surface area contributed by atoms with E-state index in [1.54, 1.807) is 12.2 Å². The highest BCUT2D eigenvalue weighted by atomic mass is 35.5. The molecule has 170 valence electrons. The van der Waals surface area contributed by atoms with Crippen LogP contribution < -0.4 is 0 Å². The third-order valence-corrected chi connectivity index (χ3v) is 7.14. The van der Waals surface area contributed by atoms with Gasteiger partial charge < -0.3 is 24.8 Å². The van der Waals surface area contributed by atoms with E-state index in [0.29, 0.717) is 22.8 Å². The molecule has 0 aromatic carbocycles. The van der Waals surface area contributed by atoms with Gasteiger partial charge in [0.1, 0.15) is 17.3 Å². The molecule has 0 aromatic heterocycles. The van der Waals surface area contributed by atoms with Gasteiger partial charge in [-0.25, -0.2) is 0 Å². The highest BCUT2D eigenvalue weighted by Crippen LogP contribution is 2.58. The topological polar surface area (TPSA) is 113 Å². The summed E-state index contributed by atoms with van der Waals surface area (Å²) >= 11 is 6.42. The molecule has 3 rings (SSSR count). The molecule has 3 aliphatic rings. The van der Waals surface area contributed by atoms with Crippen molar-refractivity contribution in [2.75, 3.05) is 0 Å². The molecule has 0 radical (unpaired) electrons. The number of ketones is 1. The number of carbonyl (C=O) groups excluding carboxylic acids is 1. The smallest absolute Gasteiger partial charge is 0.312 e. The first-order valence-electron chi connectivity index (χ1n) is 10.4. The highest BCUT2D eigenvalue weighted by Gasteiger charge is 2.70. The fourth-order valence-electron chi connectivity index (χ4n) is 4.44. The van der Waals surface area contributed by atoms with Crippen LogP contribution in [0.5, 0.6) is 0 Å². The van der Waals surface area contributed by atoms with E-state index >= 15 is 0 Å². The highest BCUT2D eigenvalue weighted by molar-refractivity contribution is 6.45. The minimum Gasteiger partial charge on any atom is -0.481 e. The fraction of sp³-hybridized carbons (Fsp3) is 0.565. The fourth-order valence-corrected chi connectivity index (χ4v) is 4.79. The molecule has 0 aromatic rings. The molecular weight excluding hydrogens is 424 g/mol. The van der Waals surface area contributed by atoms with Crippen LogP contribution in [0.1, 0.15) is 41.0 Å². The second-order valence-electron chi connectivity index (χ2n) is 8.82. The van der Waals surface area contributed by atoms with Gasteiger partial charge in [0.25, 0.3) is 0 Å². The number of halogens is 1. The second-order valence-corrected chi connectivity index (χ2v) is 9.20. The molecular formula is C23H29ClO7. The lowest BCUT2D eigenvalue weighted by Gasteiger charge is -2.37. The molecule has 7 nitrogen and oxygen atoms in total. The number of aliphatic hydroxyl groups excluding tert-OH is 1. The number of hydrogen-bond acceptors (Lipinski definition) is 6. The zero-order chi connectivity index (χ0) is 23.3. The van der Waals surface area contributed by atoms with E-state index in [1.807, 2.05) is 6.08 Å². The molecule has 0 spiro atoms. The van der Waals surface area contributed by atoms with Gasteiger partial charge in [-0.05, 0) is 31.9 Å². The first kappa shape index (κ1) is 23.7. The molecule has 3 N–H and O–H groups in total. The van der Waals surface area contributed by atoms with Crippen molar-refractivity contribution in [2.45, 2.75) is 58.5 Å². The molecule has 0 unspecified atom stereocenters. The summed E-state index contributed by atoms with van der Waals surface area (Å²) < 4.78 is 11.5. The van der Waals surface area contributed by atoms with E-state index in [2.05, 4.69) is 13.8 Å². The number of hydrogen-bond donors (Lipinski definition) is 3. The average Bonchev–Trinajstić information content (AvgIpc) is 2.98. The van der Waals surface area contributed by atoms with Gasteiger partial charge in [-0.1, -0.05) is 44.9 Å². The van der Waals surface area contributed by atoms with Crippen molar-refractivity contribution in [3.05, 3.63) is 46.4 Å². The number of aliphatic hydroxyl groups is 2. The number of Topliss-reactive ketones (excluding diaryl/α,β-unsaturated/α-hetero) is 1. The minimum atomic E-state index is -2.29. The summed E-state index contributed by atoms with van der Waals surface area (Å²) in [7, 11) is 0. The summed E-state index contributed by atoms with van der Waals surface area (Å²) in [5.41, 5.74) is -1.00. The Morgan fingerprint density at radius 1 is 1.35 bits per heavy atom. The molecule has 0 amide bonds. The van der Waals surface area contributed by atoms with Crippen molar-refractivity contribution in [1.29, 1.82) is 0 Å². The first-order chi connectivity index (χ1) is 14.4. The third kappa shape index (κ3) is 3.67. The third-order valence-electron chi connectivity index (χ3n) is 6.76. The SMILES string of the molecule is CC[C@H](C)C=CC1=CC2=C(Cl)C(=O)[C@@]3(C)O[C@](O)([C@H](C)[C@H](C)O)[C@@H](C(=O)O)[C@H]3C2=CO1. The molecule has 1 fully saturated rings. The van der Waals surface area contributed by atoms with Gasteiger partial charge in [0, 0.05) is 23.0 Å². The molecule has 31 heavy (non-hydrogen) atoms. The van der Waals surface area contributed by atoms with E-state index in [-0.39, 0.29) is 5.03 Å². The van der Waals surface area contributed by atoms with Crippen LogP contribution >= 0.6 is 11.6 Å². The minimum absolute atomic E-state index is 0.110. The normalized spacial score (nSPS) is 35.7. The van der Waals surface area contributed by atoms with Crippen LogP contribution in [0.4, 0.5) is 0 Å². The largest absolute Gasteiger partial charge is 0.481 e. The average molecular weight is 453 g/mol. The van der Waals surface area contributed by atoms with Crippen LogP contribution in [-0.4, -0.2) is 44.6 Å². The van der Waals surface area contributed by atoms with E-state index in [0.717, 1.165) is 6.42 Å². The van der Waals surface area contributed by atoms with Crippen LogP contribution in [0.2, 0.25) is 0 Å². The van der Waals surface area contributed by atoms with Crippen LogP contribution in [0.15, 0.2) is 46.4 Å². The van der Waals surface area contributed by atoms with Crippen LogP contribution in [0.25, 0.3) is 0 Å². The number of carbonyl (C=O) groups is 2. The van der Waals surface area contributed by atoms with Crippen molar-refractivity contribution < 1.29 is 34.4 Å². The monoisotopic (exact) mass is 452 g/mol. The summed E-state index contributed by atoms with van der Waals surface area (Å²) in [5.74, 6) is -7.03. The Morgan fingerprint density at radius 2 is 2.00 bits per heavy atom. The van der Waals surface area contributed by atoms with Crippen LogP contribution in [0, 0.1) is 23.7 Å². The molecule has 1 aliphatic carbocycles. The van der Waals surface area contributed by atoms with Gasteiger partial charge >= 0.3 is 5.97 Å². The lowest BCUT2D eigenvalue weighted by molar-refractivity contribution is -0.268. The van der Waals surface area contributed by atoms with Crippen molar-refractivity contribution in [2.24, 2.45) is 23.7 Å². The Labute approximate surface area is 186 Å². The Bertz CT molecular complexity index is 915. The van der Waals surface area contributed by atoms with Crippen molar-refractivity contribution >= 4 is 23.4 Å². The summed E-state index contributed by atoms with van der Waals surface area (Å²) in [5, 5.41) is 31.3. The first-order valence-corrected chi connectivity index (χ1v) is 10.8. The predicted octanol–water partition coefficient (Wildman–Crippen LogP) is 3.27. The maximum absolute atomic E-state index is 13.3. The predicted molar refractivity (Wildman–Crippen MR) is 114 cm³/mol. The molecule has 0 saturated carbocycles. The Balaban J connectivity index is 2.12. The Morgan fingerprint density at radius 3 is 2.55 bits per heavy atom. The lowest BCUT2D eigenvalue weighted by atomic mass is 9.66. The van der Waals surface area contributed by atoms with Crippen molar-refractivity contribution in [3.8, 4) is 0 Å². The Hall–Kier alpha value is -1.93. The number of aliphatic carboxylic acids is 1. The number of ether oxygens (including phenoxy) is 2. The van der Waals surface area contributed by atoms with E-state index in [1.165, 1.54) is 27.0 Å². The van der Waals surface area contributed by atoms with Crippen molar-refractivity contribution in [3.63, 3.8) is 0 Å². The summed E-state index contributed by atoms with van der Waals surface area (Å²) in [6.07, 6.45) is 6.59. The van der Waals surface area contributed by atoms with Crippen LogP contribution in [-0.2, 0) is 19.1 Å². The molecule has 2 aliphatic heterocycles. The zero-order valence-electron chi connectivity index (χ0n) is 18.3. The van der Waals surface area contributed by atoms with Gasteiger partial charge in [0.05, 0.1) is 17.4 Å². The molecule has 1 saturated heterocycles. The van der Waals surface area contributed by atoms with Gasteiger partial charge in [-0.3, -0.25) is 9.59 Å². The number of rotatable bonds is 6. The molecule has 7 atom stereocenters. The lowest BCUT2D eigenvalue weighted by Crippen LogP contribution is -2.50. The van der Waals surface area contributed by atoms with Crippen LogP contribution in [0.3, 0.4) is 0 Å². The van der Waals surface area contributed by atoms with E-state index in [9.17, 15) is 24.9 Å². The van der Waals surface area contributed by atoms with Gasteiger partial charge in [0.2, 0.25) is 5.78 Å². The summed E-state index contributed by atoms with van der Waals surface area (Å²) in [6.45, 7) is 8.44. The van der Waals surface area contributed by atoms with Gasteiger partial charge in [0.15, 0.2) is 5.79 Å². The summed E-state index contributed by atoms with van der Waals surface area (Å²) in [4.78, 5) is 25.6. The number of carboxylic acids is 1. The van der Waals surface area contributed by atoms with E-state index in [4.69, 9.17) is 21.1 Å². The van der Waals surface area contributed by atoms with E-state index < -0.39 is 47.0 Å². The van der Waals surface area contributed by atoms with Gasteiger partial charge in [-0.2, -0.15) is 0 Å². The standard InChI is InChI=1S/C23H29ClO7/c1-6-11(2)7-8-14-9-15-16(10-30-14)17-18(21(27)28)23(29,12(3)13(4)25)31-22(17,5)20(26)19(15)24/h7-13,17-18,25,29H,6H2,1-5H3,(H,27,28)/t11-,12+,13-,17+,18+,22-,23+/m0/s1. The number of allylic oxidation sites excluding steroid dienone is 4. The summed E-state index contributed by atoms with van der Waals surface area (Å²) in [6, 6.07) is 0. The maximum atomic E-state index is 13.3. The second kappa shape index (κ2) is 8.20. The van der Waals surface area contributed by atoms with Crippen molar-refractivity contribution in [1.82, 2.24) is 0 Å². The Kier molecular flexibility index (Phi) is 6.28. The molecule has 0 bridgehead atoms. The maximum Gasteiger partial charge on any atom is 0.312 e. The quantitative estimate of drug-likeness (QED) is 0.566. The van der Waals surface area contributed by atoms with Gasteiger partial charge in [-0.15, -0.1) is 0 Å². The zero-order valence-corrected chi connectivity index (χ0v) is 19.0. The number of carboxylic acid groups (broad SMARTS) is 1. The number of fused-ring (bicyclic) bond motifs is 3. The molecule has 8 heteroatoms.